The molecule has 3 aliphatic rings. The number of nitrogen functional groups attached to an aromatic ring is 1. The van der Waals surface area contributed by atoms with E-state index in [1.807, 2.05) is 0 Å². The van der Waals surface area contributed by atoms with Crippen molar-refractivity contribution in [1.82, 2.24) is 0 Å². The molecule has 0 radical (unpaired) electrons. The molecule has 1 amide bonds. The van der Waals surface area contributed by atoms with Crippen molar-refractivity contribution in [3.63, 3.8) is 0 Å². The lowest BCUT2D eigenvalue weighted by molar-refractivity contribution is -0.189. The molecule has 0 bridgehead atoms. The average molecular weight is 495 g/mol. The quantitative estimate of drug-likeness (QED) is 0.188. The number of phenols is 1. The van der Waals surface area contributed by atoms with Crippen LogP contribution in [-0.4, -0.2) is 56.1 Å². The smallest absolute Gasteiger partial charge is 0.235 e. The van der Waals surface area contributed by atoms with Gasteiger partial charge in [-0.05, 0) is 33.5 Å². The first-order valence-corrected chi connectivity index (χ1v) is 10.3. The molecule has 31 heavy (non-hydrogen) atoms. The second-order valence-corrected chi connectivity index (χ2v) is 9.24. The number of hydrogen-bond acceptors (Lipinski definition) is 9. The molecule has 0 saturated heterocycles. The average Bonchev–Trinajstić information content (AvgIpc) is 2.69. The summed E-state index contributed by atoms with van der Waals surface area (Å²) in [4.78, 5) is 63.5. The van der Waals surface area contributed by atoms with E-state index in [0.717, 1.165) is 0 Å². The second kappa shape index (κ2) is 6.68. The van der Waals surface area contributed by atoms with E-state index in [2.05, 4.69) is 15.9 Å². The third-order valence-electron chi connectivity index (χ3n) is 6.97. The zero-order valence-electron chi connectivity index (χ0n) is 16.2. The third kappa shape index (κ3) is 2.53. The number of aliphatic hydroxyl groups is 2. The number of benzene rings is 1. The van der Waals surface area contributed by atoms with Gasteiger partial charge < -0.3 is 26.8 Å². The Hall–Kier alpha value is -2.63. The van der Waals surface area contributed by atoms with E-state index in [0.29, 0.717) is 10.0 Å². The van der Waals surface area contributed by atoms with Crippen molar-refractivity contribution in [2.75, 3.05) is 5.73 Å². The first-order valence-electron chi connectivity index (χ1n) is 9.51. The number of fused-ring (bicyclic) bond motifs is 3. The van der Waals surface area contributed by atoms with Crippen LogP contribution in [0.25, 0.3) is 0 Å². The molecule has 3 aliphatic carbocycles. The maximum Gasteiger partial charge on any atom is 0.235 e. The summed E-state index contributed by atoms with van der Waals surface area (Å²) in [6.07, 6.45) is -2.23. The van der Waals surface area contributed by atoms with Gasteiger partial charge in [0.15, 0.2) is 40.4 Å². The van der Waals surface area contributed by atoms with E-state index in [1.165, 1.54) is 6.07 Å². The van der Waals surface area contributed by atoms with Crippen molar-refractivity contribution in [3.8, 4) is 5.75 Å². The SMILES string of the molecule is C[C@H]1c2cc(Br)c(N)c(O)c2C(=O)C2C(=O)[C@]3(O)C(=O)C(C(N)=O)C(=O)C[C@@H]3[C@@H](O)[C@@H]21. The molecule has 4 rings (SSSR count). The first kappa shape index (κ1) is 21.6. The molecule has 1 aromatic rings. The molecular formula is C20H19BrN2O8. The number of phenolic OH excluding ortho intramolecular Hbond substituents is 1. The lowest BCUT2D eigenvalue weighted by Crippen LogP contribution is -2.72. The summed E-state index contributed by atoms with van der Waals surface area (Å²) in [5.41, 5.74) is 7.93. The Labute approximate surface area is 183 Å². The molecular weight excluding hydrogens is 476 g/mol. The highest BCUT2D eigenvalue weighted by Gasteiger charge is 2.69. The summed E-state index contributed by atoms with van der Waals surface area (Å²) in [6, 6.07) is 1.50. The van der Waals surface area contributed by atoms with Crippen LogP contribution in [0.4, 0.5) is 5.69 Å². The van der Waals surface area contributed by atoms with Gasteiger partial charge in [0.1, 0.15) is 0 Å². The molecule has 0 aromatic heterocycles. The van der Waals surface area contributed by atoms with Crippen molar-refractivity contribution in [1.29, 1.82) is 0 Å². The number of halogens is 1. The van der Waals surface area contributed by atoms with Crippen LogP contribution in [0.2, 0.25) is 0 Å². The van der Waals surface area contributed by atoms with Gasteiger partial charge in [-0.3, -0.25) is 24.0 Å². The normalized spacial score (nSPS) is 37.2. The minimum absolute atomic E-state index is 0.133. The molecule has 7 N–H and O–H groups in total. The van der Waals surface area contributed by atoms with Crippen LogP contribution in [-0.2, 0) is 19.2 Å². The molecule has 1 aromatic carbocycles. The fourth-order valence-electron chi connectivity index (χ4n) is 5.40. The van der Waals surface area contributed by atoms with Crippen molar-refractivity contribution in [2.24, 2.45) is 29.4 Å². The Bertz CT molecular complexity index is 1100. The first-order chi connectivity index (χ1) is 14.3. The summed E-state index contributed by atoms with van der Waals surface area (Å²) in [7, 11) is 0. The maximum atomic E-state index is 13.4. The highest BCUT2D eigenvalue weighted by atomic mass is 79.9. The number of anilines is 1. The molecule has 0 aliphatic heterocycles. The predicted octanol–water partition coefficient (Wildman–Crippen LogP) is -0.797. The summed E-state index contributed by atoms with van der Waals surface area (Å²) in [6.45, 7) is 1.62. The number of amides is 1. The van der Waals surface area contributed by atoms with Crippen molar-refractivity contribution in [3.05, 3.63) is 21.7 Å². The maximum absolute atomic E-state index is 13.4. The monoisotopic (exact) mass is 494 g/mol. The van der Waals surface area contributed by atoms with E-state index in [1.54, 1.807) is 6.92 Å². The molecule has 2 fully saturated rings. The molecule has 7 atom stereocenters. The van der Waals surface area contributed by atoms with Crippen molar-refractivity contribution >= 4 is 50.7 Å². The van der Waals surface area contributed by atoms with Crippen LogP contribution in [0.15, 0.2) is 10.5 Å². The number of rotatable bonds is 1. The van der Waals surface area contributed by atoms with Crippen molar-refractivity contribution in [2.45, 2.75) is 31.0 Å². The van der Waals surface area contributed by atoms with Crippen LogP contribution >= 0.6 is 15.9 Å². The van der Waals surface area contributed by atoms with Gasteiger partial charge in [0.05, 0.1) is 23.3 Å². The van der Waals surface area contributed by atoms with E-state index in [-0.39, 0.29) is 11.3 Å². The fourth-order valence-corrected chi connectivity index (χ4v) is 5.83. The number of ketones is 4. The number of primary amides is 1. The Balaban J connectivity index is 1.92. The van der Waals surface area contributed by atoms with Gasteiger partial charge in [-0.1, -0.05) is 6.92 Å². The Kier molecular flexibility index (Phi) is 4.65. The van der Waals surface area contributed by atoms with Gasteiger partial charge in [0, 0.05) is 22.7 Å². The molecule has 164 valence electrons. The Morgan fingerprint density at radius 1 is 1.23 bits per heavy atom. The molecule has 2 saturated carbocycles. The number of nitrogens with two attached hydrogens (primary N) is 2. The topological polar surface area (TPSA) is 198 Å². The van der Waals surface area contributed by atoms with Gasteiger partial charge in [0.2, 0.25) is 5.91 Å². The fraction of sp³-hybridized carbons (Fsp3) is 0.450. The van der Waals surface area contributed by atoms with E-state index in [9.17, 15) is 39.3 Å². The third-order valence-corrected chi connectivity index (χ3v) is 7.62. The number of Topliss-reactive ketones (excluding diaryl/α,β-unsaturated/α-hetero) is 4. The number of carbonyl (C=O) groups is 5. The Morgan fingerprint density at radius 2 is 1.84 bits per heavy atom. The van der Waals surface area contributed by atoms with Crippen LogP contribution < -0.4 is 11.5 Å². The van der Waals surface area contributed by atoms with Crippen LogP contribution in [0.1, 0.15) is 35.2 Å². The molecule has 0 spiro atoms. The highest BCUT2D eigenvalue weighted by Crippen LogP contribution is 2.55. The van der Waals surface area contributed by atoms with E-state index in [4.69, 9.17) is 11.5 Å². The van der Waals surface area contributed by atoms with Crippen molar-refractivity contribution < 1.29 is 39.3 Å². The summed E-state index contributed by atoms with van der Waals surface area (Å²) in [5, 5.41) is 32.7. The van der Waals surface area contributed by atoms with Gasteiger partial charge in [0.25, 0.3) is 0 Å². The van der Waals surface area contributed by atoms with E-state index < -0.39 is 82.5 Å². The molecule has 10 nitrogen and oxygen atoms in total. The number of aromatic hydroxyl groups is 1. The molecule has 0 heterocycles. The predicted molar refractivity (Wildman–Crippen MR) is 107 cm³/mol. The molecule has 11 heteroatoms. The van der Waals surface area contributed by atoms with Gasteiger partial charge in [-0.25, -0.2) is 0 Å². The lowest BCUT2D eigenvalue weighted by atomic mass is 9.50. The minimum Gasteiger partial charge on any atom is -0.505 e. The zero-order valence-corrected chi connectivity index (χ0v) is 17.8. The van der Waals surface area contributed by atoms with Gasteiger partial charge in [-0.2, -0.15) is 0 Å². The number of carbonyl (C=O) groups excluding carboxylic acids is 5. The van der Waals surface area contributed by atoms with Crippen LogP contribution in [0, 0.1) is 23.7 Å². The molecule has 2 unspecified atom stereocenters. The summed E-state index contributed by atoms with van der Waals surface area (Å²) in [5.74, 6) is -13.4. The second-order valence-electron chi connectivity index (χ2n) is 8.39. The lowest BCUT2D eigenvalue weighted by Gasteiger charge is -2.52. The van der Waals surface area contributed by atoms with Gasteiger partial charge in [-0.15, -0.1) is 0 Å². The number of hydrogen-bond donors (Lipinski definition) is 5. The number of aliphatic hydroxyl groups excluding tert-OH is 1. The Morgan fingerprint density at radius 3 is 2.42 bits per heavy atom. The van der Waals surface area contributed by atoms with Crippen LogP contribution in [0.3, 0.4) is 0 Å². The zero-order chi connectivity index (χ0) is 23.2. The van der Waals surface area contributed by atoms with Crippen LogP contribution in [0.5, 0.6) is 5.75 Å². The standard InChI is InChI=1S/C20H19BrN2O8/c1-4-5-2-7(21)13(22)16(27)10(5)15(26)12-9(4)14(25)6-3-8(24)11(19(23)30)17(28)20(6,31)18(12)29/h2,4,6,9,11-12,14,25,27,31H,3,22H2,1H3,(H2,23,30)/t4-,6+,9+,11?,12?,14+,20+/m0/s1. The summed E-state index contributed by atoms with van der Waals surface area (Å²) < 4.78 is 0.308. The minimum atomic E-state index is -2.93. The van der Waals surface area contributed by atoms with Gasteiger partial charge >= 0.3 is 0 Å². The highest BCUT2D eigenvalue weighted by molar-refractivity contribution is 9.10. The summed E-state index contributed by atoms with van der Waals surface area (Å²) >= 11 is 3.19. The van der Waals surface area contributed by atoms with E-state index >= 15 is 0 Å². The largest absolute Gasteiger partial charge is 0.505 e.